The Labute approximate surface area is 171 Å². The first-order chi connectivity index (χ1) is 14.2. The van der Waals surface area contributed by atoms with Gasteiger partial charge in [0.15, 0.2) is 5.69 Å². The summed E-state index contributed by atoms with van der Waals surface area (Å²) < 4.78 is 7.95. The predicted molar refractivity (Wildman–Crippen MR) is 113 cm³/mol. The fourth-order valence-corrected chi connectivity index (χ4v) is 3.77. The van der Waals surface area contributed by atoms with E-state index in [1.807, 2.05) is 54.0 Å². The molecule has 0 saturated carbocycles. The van der Waals surface area contributed by atoms with Crippen molar-refractivity contribution in [3.63, 3.8) is 0 Å². The molecule has 4 rings (SSSR count). The number of ether oxygens (including phenoxy) is 1. The third-order valence-electron chi connectivity index (χ3n) is 5.43. The first-order valence-corrected chi connectivity index (χ1v) is 10.3. The molecule has 1 aromatic carbocycles. The van der Waals surface area contributed by atoms with Crippen molar-refractivity contribution in [3.05, 3.63) is 65.6 Å². The summed E-state index contributed by atoms with van der Waals surface area (Å²) in [4.78, 5) is 22.0. The summed E-state index contributed by atoms with van der Waals surface area (Å²) in [6, 6.07) is 14.1. The van der Waals surface area contributed by atoms with Gasteiger partial charge >= 0.3 is 0 Å². The van der Waals surface area contributed by atoms with Crippen LogP contribution in [-0.4, -0.2) is 51.8 Å². The van der Waals surface area contributed by atoms with Gasteiger partial charge < -0.3 is 14.0 Å². The highest BCUT2D eigenvalue weighted by atomic mass is 16.5. The minimum atomic E-state index is -0.0105. The SMILES string of the molecule is CCCCN(C)C(=O)c1nc2ccccn2c1CN1CCOc2ccccc2C1. The van der Waals surface area contributed by atoms with Crippen LogP contribution in [-0.2, 0) is 13.1 Å². The molecular formula is C23H28N4O2. The molecule has 0 N–H and O–H groups in total. The Balaban J connectivity index is 1.65. The van der Waals surface area contributed by atoms with E-state index >= 15 is 0 Å². The fraction of sp³-hybridized carbons (Fsp3) is 0.391. The minimum absolute atomic E-state index is 0.0105. The van der Waals surface area contributed by atoms with E-state index in [1.165, 1.54) is 5.56 Å². The van der Waals surface area contributed by atoms with E-state index in [0.717, 1.165) is 49.6 Å². The number of pyridine rings is 1. The second-order valence-corrected chi connectivity index (χ2v) is 7.58. The van der Waals surface area contributed by atoms with Crippen LogP contribution in [0, 0.1) is 0 Å². The number of fused-ring (bicyclic) bond motifs is 2. The summed E-state index contributed by atoms with van der Waals surface area (Å²) in [5.74, 6) is 0.937. The Hall–Kier alpha value is -2.86. The van der Waals surface area contributed by atoms with Crippen molar-refractivity contribution in [3.8, 4) is 5.75 Å². The summed E-state index contributed by atoms with van der Waals surface area (Å²) in [5.41, 5.74) is 3.47. The number of benzene rings is 1. The van der Waals surface area contributed by atoms with E-state index in [1.54, 1.807) is 4.90 Å². The molecule has 0 unspecified atom stereocenters. The smallest absolute Gasteiger partial charge is 0.274 e. The van der Waals surface area contributed by atoms with Crippen molar-refractivity contribution in [2.75, 3.05) is 26.7 Å². The quantitative estimate of drug-likeness (QED) is 0.643. The number of unbranched alkanes of at least 4 members (excludes halogenated alkanes) is 1. The van der Waals surface area contributed by atoms with E-state index in [2.05, 4.69) is 22.9 Å². The van der Waals surface area contributed by atoms with Crippen molar-refractivity contribution in [2.45, 2.75) is 32.9 Å². The highest BCUT2D eigenvalue weighted by Gasteiger charge is 2.24. The number of carbonyl (C=O) groups is 1. The van der Waals surface area contributed by atoms with Gasteiger partial charge in [-0.1, -0.05) is 37.6 Å². The number of para-hydroxylation sites is 1. The van der Waals surface area contributed by atoms with Gasteiger partial charge in [-0.25, -0.2) is 4.98 Å². The molecule has 3 heterocycles. The lowest BCUT2D eigenvalue weighted by Crippen LogP contribution is -2.31. The van der Waals surface area contributed by atoms with Crippen LogP contribution in [0.3, 0.4) is 0 Å². The van der Waals surface area contributed by atoms with Gasteiger partial charge in [-0.2, -0.15) is 0 Å². The van der Waals surface area contributed by atoms with Crippen molar-refractivity contribution in [1.29, 1.82) is 0 Å². The molecule has 0 bridgehead atoms. The maximum atomic E-state index is 13.2. The first-order valence-electron chi connectivity index (χ1n) is 10.3. The van der Waals surface area contributed by atoms with Gasteiger partial charge in [0.2, 0.25) is 0 Å². The number of aromatic nitrogens is 2. The molecule has 0 spiro atoms. The Bertz CT molecular complexity index is 997. The van der Waals surface area contributed by atoms with Crippen molar-refractivity contribution < 1.29 is 9.53 Å². The lowest BCUT2D eigenvalue weighted by atomic mass is 10.2. The fourth-order valence-electron chi connectivity index (χ4n) is 3.77. The lowest BCUT2D eigenvalue weighted by Gasteiger charge is -2.21. The molecule has 1 aliphatic heterocycles. The predicted octanol–water partition coefficient (Wildman–Crippen LogP) is 3.60. The van der Waals surface area contributed by atoms with Crippen LogP contribution in [0.4, 0.5) is 0 Å². The highest BCUT2D eigenvalue weighted by molar-refractivity contribution is 5.94. The molecule has 1 amide bonds. The van der Waals surface area contributed by atoms with Gasteiger partial charge in [0.05, 0.1) is 5.69 Å². The van der Waals surface area contributed by atoms with Crippen molar-refractivity contribution >= 4 is 11.6 Å². The standard InChI is InChI=1S/C23H28N4O2/c1-3-4-12-25(2)23(28)22-19(27-13-8-7-11-21(27)24-22)17-26-14-15-29-20-10-6-5-9-18(20)16-26/h5-11,13H,3-4,12,14-17H2,1-2H3. The topological polar surface area (TPSA) is 50.1 Å². The summed E-state index contributed by atoms with van der Waals surface area (Å²) in [7, 11) is 1.86. The molecule has 0 aliphatic carbocycles. The molecule has 0 atom stereocenters. The zero-order valence-corrected chi connectivity index (χ0v) is 17.2. The summed E-state index contributed by atoms with van der Waals surface area (Å²) in [6.07, 6.45) is 4.04. The van der Waals surface area contributed by atoms with E-state index in [9.17, 15) is 4.79 Å². The van der Waals surface area contributed by atoms with Gasteiger partial charge in [0.1, 0.15) is 18.0 Å². The van der Waals surface area contributed by atoms with E-state index in [-0.39, 0.29) is 5.91 Å². The first kappa shape index (κ1) is 19.5. The van der Waals surface area contributed by atoms with Crippen LogP contribution in [0.5, 0.6) is 5.75 Å². The maximum absolute atomic E-state index is 13.2. The van der Waals surface area contributed by atoms with E-state index in [4.69, 9.17) is 4.74 Å². The third kappa shape index (κ3) is 4.12. The number of rotatable bonds is 6. The van der Waals surface area contributed by atoms with E-state index in [0.29, 0.717) is 18.8 Å². The van der Waals surface area contributed by atoms with Crippen LogP contribution >= 0.6 is 0 Å². The molecule has 3 aromatic rings. The number of carbonyl (C=O) groups excluding carboxylic acids is 1. The van der Waals surface area contributed by atoms with Crippen LogP contribution in [0.1, 0.15) is 41.5 Å². The molecule has 0 fully saturated rings. The minimum Gasteiger partial charge on any atom is -0.492 e. The molecule has 2 aromatic heterocycles. The zero-order valence-electron chi connectivity index (χ0n) is 17.2. The Morgan fingerprint density at radius 1 is 1.21 bits per heavy atom. The lowest BCUT2D eigenvalue weighted by molar-refractivity contribution is 0.0785. The van der Waals surface area contributed by atoms with Gasteiger partial charge in [-0.05, 0) is 24.6 Å². The molecule has 29 heavy (non-hydrogen) atoms. The molecule has 1 aliphatic rings. The zero-order chi connectivity index (χ0) is 20.2. The molecular weight excluding hydrogens is 364 g/mol. The van der Waals surface area contributed by atoms with Crippen molar-refractivity contribution in [2.24, 2.45) is 0 Å². The largest absolute Gasteiger partial charge is 0.492 e. The third-order valence-corrected chi connectivity index (χ3v) is 5.43. The maximum Gasteiger partial charge on any atom is 0.274 e. The summed E-state index contributed by atoms with van der Waals surface area (Å²) >= 11 is 0. The molecule has 6 heteroatoms. The van der Waals surface area contributed by atoms with Gasteiger partial charge in [-0.3, -0.25) is 9.69 Å². The number of nitrogens with zero attached hydrogens (tertiary/aromatic N) is 4. The monoisotopic (exact) mass is 392 g/mol. The Morgan fingerprint density at radius 2 is 2.03 bits per heavy atom. The Kier molecular flexibility index (Phi) is 5.81. The number of imidazole rings is 1. The van der Waals surface area contributed by atoms with Crippen LogP contribution in [0.2, 0.25) is 0 Å². The van der Waals surface area contributed by atoms with Gasteiger partial charge in [0.25, 0.3) is 5.91 Å². The molecule has 0 saturated heterocycles. The summed E-state index contributed by atoms with van der Waals surface area (Å²) in [5, 5.41) is 0. The molecule has 152 valence electrons. The van der Waals surface area contributed by atoms with Gasteiger partial charge in [-0.15, -0.1) is 0 Å². The second kappa shape index (κ2) is 8.66. The van der Waals surface area contributed by atoms with Crippen LogP contribution < -0.4 is 4.74 Å². The average molecular weight is 393 g/mol. The molecule has 0 radical (unpaired) electrons. The average Bonchev–Trinajstić information content (AvgIpc) is 2.97. The molecule has 6 nitrogen and oxygen atoms in total. The number of amides is 1. The van der Waals surface area contributed by atoms with Crippen LogP contribution in [0.25, 0.3) is 5.65 Å². The van der Waals surface area contributed by atoms with Crippen LogP contribution in [0.15, 0.2) is 48.7 Å². The van der Waals surface area contributed by atoms with Crippen molar-refractivity contribution in [1.82, 2.24) is 19.2 Å². The Morgan fingerprint density at radius 3 is 2.90 bits per heavy atom. The van der Waals surface area contributed by atoms with Gasteiger partial charge in [0, 0.05) is 45.0 Å². The number of hydrogen-bond donors (Lipinski definition) is 0. The van der Waals surface area contributed by atoms with E-state index < -0.39 is 0 Å². The second-order valence-electron chi connectivity index (χ2n) is 7.58. The highest BCUT2D eigenvalue weighted by Crippen LogP contribution is 2.24. The normalized spacial score (nSPS) is 14.3. The number of hydrogen-bond acceptors (Lipinski definition) is 4. The summed E-state index contributed by atoms with van der Waals surface area (Å²) in [6.45, 7) is 5.74.